The lowest BCUT2D eigenvalue weighted by Gasteiger charge is -2.08. The number of benzene rings is 1. The van der Waals surface area contributed by atoms with Gasteiger partial charge in [-0.2, -0.15) is 0 Å². The van der Waals surface area contributed by atoms with E-state index in [1.807, 2.05) is 18.3 Å². The second kappa shape index (κ2) is 12.3. The molecule has 0 aliphatic carbocycles. The van der Waals surface area contributed by atoms with Gasteiger partial charge in [-0.3, -0.25) is 9.59 Å². The smallest absolute Gasteiger partial charge is 0.242 e. The van der Waals surface area contributed by atoms with Gasteiger partial charge in [0.2, 0.25) is 5.78 Å². The summed E-state index contributed by atoms with van der Waals surface area (Å²) in [7, 11) is 0. The molecule has 0 atom stereocenters. The maximum Gasteiger partial charge on any atom is 0.242 e. The van der Waals surface area contributed by atoms with Crippen molar-refractivity contribution in [2.24, 2.45) is 0 Å². The van der Waals surface area contributed by atoms with E-state index in [2.05, 4.69) is 19.1 Å². The maximum absolute atomic E-state index is 11.7. The SMILES string of the molecule is CCCCCCCCCCCCc1ccc(-n2cccc2C(=O)C=O)cc1. The predicted molar refractivity (Wildman–Crippen MR) is 112 cm³/mol. The van der Waals surface area contributed by atoms with E-state index in [4.69, 9.17) is 0 Å². The van der Waals surface area contributed by atoms with E-state index in [1.165, 1.54) is 69.8 Å². The number of hydrogen-bond donors (Lipinski definition) is 0. The molecule has 2 aromatic rings. The molecule has 0 N–H and O–H groups in total. The number of nitrogens with zero attached hydrogens (tertiary/aromatic N) is 1. The number of carbonyl (C=O) groups is 2. The summed E-state index contributed by atoms with van der Waals surface area (Å²) >= 11 is 0. The summed E-state index contributed by atoms with van der Waals surface area (Å²) in [6, 6.07) is 11.7. The first-order valence-corrected chi connectivity index (χ1v) is 10.5. The van der Waals surface area contributed by atoms with Gasteiger partial charge >= 0.3 is 0 Å². The standard InChI is InChI=1S/C24H33NO2/c1-2-3-4-5-6-7-8-9-10-11-13-21-15-17-22(18-16-21)25-19-12-14-23(25)24(27)20-26/h12,14-20H,2-11,13H2,1H3. The Morgan fingerprint density at radius 2 is 1.44 bits per heavy atom. The first-order chi connectivity index (χ1) is 13.3. The van der Waals surface area contributed by atoms with Gasteiger partial charge in [0.15, 0.2) is 6.29 Å². The molecule has 27 heavy (non-hydrogen) atoms. The monoisotopic (exact) mass is 367 g/mol. The highest BCUT2D eigenvalue weighted by Crippen LogP contribution is 2.16. The van der Waals surface area contributed by atoms with Crippen molar-refractivity contribution < 1.29 is 9.59 Å². The largest absolute Gasteiger partial charge is 0.314 e. The van der Waals surface area contributed by atoms with Crippen LogP contribution < -0.4 is 0 Å². The number of carbonyl (C=O) groups excluding carboxylic acids is 2. The number of rotatable bonds is 14. The molecule has 1 heterocycles. The third-order valence-electron chi connectivity index (χ3n) is 5.14. The fourth-order valence-corrected chi connectivity index (χ4v) is 3.51. The minimum Gasteiger partial charge on any atom is -0.314 e. The van der Waals surface area contributed by atoms with Gasteiger partial charge in [0.25, 0.3) is 0 Å². The molecule has 0 amide bonds. The zero-order valence-corrected chi connectivity index (χ0v) is 16.7. The van der Waals surface area contributed by atoms with Crippen LogP contribution in [0.3, 0.4) is 0 Å². The van der Waals surface area contributed by atoms with E-state index in [-0.39, 0.29) is 0 Å². The Balaban J connectivity index is 1.67. The molecule has 0 bridgehead atoms. The van der Waals surface area contributed by atoms with Gasteiger partial charge < -0.3 is 4.57 Å². The highest BCUT2D eigenvalue weighted by Gasteiger charge is 2.10. The molecule has 0 spiro atoms. The van der Waals surface area contributed by atoms with Crippen LogP contribution in [0.5, 0.6) is 0 Å². The van der Waals surface area contributed by atoms with Gasteiger partial charge in [0, 0.05) is 11.9 Å². The lowest BCUT2D eigenvalue weighted by atomic mass is 10.0. The van der Waals surface area contributed by atoms with E-state index in [0.29, 0.717) is 12.0 Å². The van der Waals surface area contributed by atoms with E-state index in [0.717, 1.165) is 12.1 Å². The lowest BCUT2D eigenvalue weighted by Crippen LogP contribution is -2.07. The van der Waals surface area contributed by atoms with Gasteiger partial charge in [0.1, 0.15) is 0 Å². The molecule has 2 rings (SSSR count). The van der Waals surface area contributed by atoms with Crippen LogP contribution in [0.2, 0.25) is 0 Å². The summed E-state index contributed by atoms with van der Waals surface area (Å²) in [5.41, 5.74) is 2.65. The summed E-state index contributed by atoms with van der Waals surface area (Å²) in [5.74, 6) is -0.491. The number of ketones is 1. The first kappa shape index (κ1) is 21.1. The summed E-state index contributed by atoms with van der Waals surface area (Å²) in [6.45, 7) is 2.26. The fraction of sp³-hybridized carbons (Fsp3) is 0.500. The highest BCUT2D eigenvalue weighted by molar-refractivity contribution is 6.32. The quantitative estimate of drug-likeness (QED) is 0.169. The van der Waals surface area contributed by atoms with E-state index >= 15 is 0 Å². The summed E-state index contributed by atoms with van der Waals surface area (Å²) < 4.78 is 1.76. The molecular formula is C24H33NO2. The Kier molecular flexibility index (Phi) is 9.61. The predicted octanol–water partition coefficient (Wildman–Crippen LogP) is 6.32. The summed E-state index contributed by atoms with van der Waals surface area (Å²) in [4.78, 5) is 22.4. The molecule has 0 radical (unpaired) electrons. The number of unbranched alkanes of at least 4 members (excludes halogenated alkanes) is 9. The van der Waals surface area contributed by atoms with E-state index in [9.17, 15) is 9.59 Å². The minimum atomic E-state index is -0.491. The van der Waals surface area contributed by atoms with Gasteiger partial charge in [-0.1, -0.05) is 76.8 Å². The van der Waals surface area contributed by atoms with E-state index < -0.39 is 5.78 Å². The van der Waals surface area contributed by atoms with Crippen molar-refractivity contribution in [1.29, 1.82) is 0 Å². The van der Waals surface area contributed by atoms with Crippen molar-refractivity contribution in [2.45, 2.75) is 77.6 Å². The van der Waals surface area contributed by atoms with Crippen molar-refractivity contribution in [1.82, 2.24) is 4.57 Å². The van der Waals surface area contributed by atoms with Gasteiger partial charge in [-0.05, 0) is 42.7 Å². The number of aldehydes is 1. The van der Waals surface area contributed by atoms with Crippen LogP contribution >= 0.6 is 0 Å². The highest BCUT2D eigenvalue weighted by atomic mass is 16.2. The molecule has 1 aromatic carbocycles. The molecule has 1 aromatic heterocycles. The number of Topliss-reactive ketones (excluding diaryl/α,β-unsaturated/α-hetero) is 1. The van der Waals surface area contributed by atoms with Crippen LogP contribution in [-0.2, 0) is 11.2 Å². The summed E-state index contributed by atoms with van der Waals surface area (Å²) in [5, 5.41) is 0. The molecule has 0 fully saturated rings. The Morgan fingerprint density at radius 3 is 2.04 bits per heavy atom. The van der Waals surface area contributed by atoms with Gasteiger partial charge in [-0.25, -0.2) is 0 Å². The van der Waals surface area contributed by atoms with Crippen LogP contribution in [0.15, 0.2) is 42.6 Å². The van der Waals surface area contributed by atoms with Crippen molar-refractivity contribution in [3.05, 3.63) is 53.9 Å². The molecule has 3 nitrogen and oxygen atoms in total. The molecule has 146 valence electrons. The van der Waals surface area contributed by atoms with Crippen LogP contribution in [0, 0.1) is 0 Å². The summed E-state index contributed by atoms with van der Waals surface area (Å²) in [6.07, 6.45) is 16.8. The van der Waals surface area contributed by atoms with Crippen molar-refractivity contribution in [3.8, 4) is 5.69 Å². The molecule has 0 saturated carbocycles. The molecule has 0 aliphatic rings. The zero-order valence-electron chi connectivity index (χ0n) is 16.7. The Bertz CT molecular complexity index is 685. The zero-order chi connectivity index (χ0) is 19.3. The Hall–Kier alpha value is -2.16. The average molecular weight is 368 g/mol. The van der Waals surface area contributed by atoms with Gasteiger partial charge in [0.05, 0.1) is 5.69 Å². The molecular weight excluding hydrogens is 334 g/mol. The first-order valence-electron chi connectivity index (χ1n) is 10.5. The topological polar surface area (TPSA) is 39.1 Å². The van der Waals surface area contributed by atoms with Gasteiger partial charge in [-0.15, -0.1) is 0 Å². The van der Waals surface area contributed by atoms with Crippen molar-refractivity contribution >= 4 is 12.1 Å². The Labute approximate surface area is 163 Å². The third-order valence-corrected chi connectivity index (χ3v) is 5.14. The number of aryl methyl sites for hydroxylation is 1. The Morgan fingerprint density at radius 1 is 0.852 bits per heavy atom. The van der Waals surface area contributed by atoms with Crippen LogP contribution in [-0.4, -0.2) is 16.6 Å². The van der Waals surface area contributed by atoms with Crippen LogP contribution in [0.4, 0.5) is 0 Å². The molecule has 0 saturated heterocycles. The normalized spacial score (nSPS) is 10.9. The van der Waals surface area contributed by atoms with Crippen molar-refractivity contribution in [2.75, 3.05) is 0 Å². The molecule has 3 heteroatoms. The number of hydrogen-bond acceptors (Lipinski definition) is 2. The second-order valence-electron chi connectivity index (χ2n) is 7.34. The molecule has 0 unspecified atom stereocenters. The van der Waals surface area contributed by atoms with Crippen LogP contribution in [0.25, 0.3) is 5.69 Å². The van der Waals surface area contributed by atoms with Crippen LogP contribution in [0.1, 0.15) is 87.2 Å². The minimum absolute atomic E-state index is 0.366. The molecule has 0 aliphatic heterocycles. The van der Waals surface area contributed by atoms with Crippen molar-refractivity contribution in [3.63, 3.8) is 0 Å². The second-order valence-corrected chi connectivity index (χ2v) is 7.34. The van der Waals surface area contributed by atoms with E-state index in [1.54, 1.807) is 16.7 Å². The average Bonchev–Trinajstić information content (AvgIpc) is 3.19. The number of aromatic nitrogens is 1. The fourth-order valence-electron chi connectivity index (χ4n) is 3.51. The maximum atomic E-state index is 11.7. The lowest BCUT2D eigenvalue weighted by molar-refractivity contribution is -0.104. The third kappa shape index (κ3) is 7.16.